The highest BCUT2D eigenvalue weighted by molar-refractivity contribution is 7.91. The van der Waals surface area contributed by atoms with Crippen molar-refractivity contribution in [2.45, 2.75) is 36.9 Å². The monoisotopic (exact) mass is 332 g/mol. The SMILES string of the molecule is CCNCc1csc(S(=O)(=O)NCC2(CCOC)CC2)c1. The number of methoxy groups -OCH3 is 1. The smallest absolute Gasteiger partial charge is 0.250 e. The summed E-state index contributed by atoms with van der Waals surface area (Å²) in [5.41, 5.74) is 1.13. The molecule has 21 heavy (non-hydrogen) atoms. The lowest BCUT2D eigenvalue weighted by atomic mass is 10.0. The Hall–Kier alpha value is -0.470. The molecule has 0 saturated heterocycles. The van der Waals surface area contributed by atoms with Crippen molar-refractivity contribution in [1.29, 1.82) is 0 Å². The van der Waals surface area contributed by atoms with Gasteiger partial charge >= 0.3 is 0 Å². The Bertz CT molecular complexity index is 550. The Morgan fingerprint density at radius 3 is 2.81 bits per heavy atom. The molecule has 1 saturated carbocycles. The van der Waals surface area contributed by atoms with E-state index in [1.54, 1.807) is 13.2 Å². The van der Waals surface area contributed by atoms with E-state index in [9.17, 15) is 8.42 Å². The molecule has 2 rings (SSSR count). The van der Waals surface area contributed by atoms with Gasteiger partial charge in [-0.15, -0.1) is 11.3 Å². The molecular formula is C14H24N2O3S2. The Labute approximate surface area is 131 Å². The number of ether oxygens (including phenoxy) is 1. The van der Waals surface area contributed by atoms with Crippen molar-refractivity contribution < 1.29 is 13.2 Å². The number of hydrogen-bond donors (Lipinski definition) is 2. The van der Waals surface area contributed by atoms with E-state index in [0.717, 1.165) is 31.4 Å². The molecule has 0 aromatic carbocycles. The van der Waals surface area contributed by atoms with Gasteiger partial charge in [0.05, 0.1) is 0 Å². The summed E-state index contributed by atoms with van der Waals surface area (Å²) in [7, 11) is -1.70. The van der Waals surface area contributed by atoms with Crippen LogP contribution in [0.3, 0.4) is 0 Å². The molecule has 0 amide bonds. The fourth-order valence-electron chi connectivity index (χ4n) is 2.19. The highest BCUT2D eigenvalue weighted by Crippen LogP contribution is 2.48. The van der Waals surface area contributed by atoms with Crippen molar-refractivity contribution >= 4 is 21.4 Å². The van der Waals surface area contributed by atoms with Gasteiger partial charge in [-0.05, 0) is 48.2 Å². The molecule has 7 heteroatoms. The first-order chi connectivity index (χ1) is 10.0. The minimum atomic E-state index is -3.38. The van der Waals surface area contributed by atoms with Crippen molar-refractivity contribution in [3.63, 3.8) is 0 Å². The summed E-state index contributed by atoms with van der Waals surface area (Å²) < 4.78 is 32.9. The number of rotatable bonds is 10. The first-order valence-electron chi connectivity index (χ1n) is 7.28. The van der Waals surface area contributed by atoms with Crippen LogP contribution in [0.4, 0.5) is 0 Å². The molecule has 1 aromatic heterocycles. The third-order valence-electron chi connectivity index (χ3n) is 3.90. The second-order valence-corrected chi connectivity index (χ2v) is 8.53. The molecular weight excluding hydrogens is 308 g/mol. The molecule has 0 unspecified atom stereocenters. The fourth-order valence-corrected chi connectivity index (χ4v) is 4.60. The fraction of sp³-hybridized carbons (Fsp3) is 0.714. The molecule has 120 valence electrons. The minimum Gasteiger partial charge on any atom is -0.385 e. The van der Waals surface area contributed by atoms with Crippen molar-refractivity contribution in [1.82, 2.24) is 10.0 Å². The lowest BCUT2D eigenvalue weighted by molar-refractivity contribution is 0.173. The molecule has 0 aliphatic heterocycles. The van der Waals surface area contributed by atoms with Crippen LogP contribution in [0.1, 0.15) is 31.7 Å². The zero-order valence-electron chi connectivity index (χ0n) is 12.6. The second kappa shape index (κ2) is 7.19. The third-order valence-corrected chi connectivity index (χ3v) is 6.79. The predicted octanol–water partition coefficient (Wildman–Crippen LogP) is 1.95. The van der Waals surface area contributed by atoms with E-state index in [4.69, 9.17) is 4.74 Å². The largest absolute Gasteiger partial charge is 0.385 e. The summed E-state index contributed by atoms with van der Waals surface area (Å²) in [6.07, 6.45) is 3.08. The summed E-state index contributed by atoms with van der Waals surface area (Å²) in [6.45, 7) is 4.81. The molecule has 1 aliphatic rings. The van der Waals surface area contributed by atoms with Gasteiger partial charge in [-0.1, -0.05) is 6.92 Å². The number of nitrogens with one attached hydrogen (secondary N) is 2. The molecule has 1 aliphatic carbocycles. The van der Waals surface area contributed by atoms with Gasteiger partial charge in [0.25, 0.3) is 0 Å². The van der Waals surface area contributed by atoms with E-state index >= 15 is 0 Å². The van der Waals surface area contributed by atoms with E-state index in [-0.39, 0.29) is 5.41 Å². The Morgan fingerprint density at radius 2 is 2.19 bits per heavy atom. The van der Waals surface area contributed by atoms with Gasteiger partial charge < -0.3 is 10.1 Å². The van der Waals surface area contributed by atoms with Crippen LogP contribution in [0.2, 0.25) is 0 Å². The van der Waals surface area contributed by atoms with Crippen LogP contribution in [0.25, 0.3) is 0 Å². The number of thiophene rings is 1. The second-order valence-electron chi connectivity index (χ2n) is 5.62. The van der Waals surface area contributed by atoms with Crippen LogP contribution < -0.4 is 10.0 Å². The first-order valence-corrected chi connectivity index (χ1v) is 9.64. The zero-order valence-corrected chi connectivity index (χ0v) is 14.3. The molecule has 5 nitrogen and oxygen atoms in total. The molecule has 0 atom stereocenters. The molecule has 0 bridgehead atoms. The number of hydrogen-bond acceptors (Lipinski definition) is 5. The van der Waals surface area contributed by atoms with Gasteiger partial charge in [-0.25, -0.2) is 13.1 Å². The first kappa shape index (κ1) is 16.9. The van der Waals surface area contributed by atoms with Crippen LogP contribution in [-0.2, 0) is 21.3 Å². The van der Waals surface area contributed by atoms with Gasteiger partial charge in [0.2, 0.25) is 10.0 Å². The third kappa shape index (κ3) is 4.75. The van der Waals surface area contributed by atoms with Crippen molar-refractivity contribution in [3.8, 4) is 0 Å². The molecule has 0 spiro atoms. The number of sulfonamides is 1. The van der Waals surface area contributed by atoms with Crippen LogP contribution >= 0.6 is 11.3 Å². The van der Waals surface area contributed by atoms with E-state index in [0.29, 0.717) is 23.9 Å². The quantitative estimate of drug-likeness (QED) is 0.687. The molecule has 1 aromatic rings. The van der Waals surface area contributed by atoms with Crippen LogP contribution in [0.15, 0.2) is 15.7 Å². The summed E-state index contributed by atoms with van der Waals surface area (Å²) in [5.74, 6) is 0. The lowest BCUT2D eigenvalue weighted by Gasteiger charge is -2.15. The molecule has 1 fully saturated rings. The van der Waals surface area contributed by atoms with Gasteiger partial charge in [0.15, 0.2) is 0 Å². The van der Waals surface area contributed by atoms with Crippen LogP contribution in [-0.4, -0.2) is 35.2 Å². The lowest BCUT2D eigenvalue weighted by Crippen LogP contribution is -2.30. The summed E-state index contributed by atoms with van der Waals surface area (Å²) in [5, 5.41) is 5.09. The maximum absolute atomic E-state index is 12.3. The van der Waals surface area contributed by atoms with Crippen molar-refractivity contribution in [2.24, 2.45) is 5.41 Å². The highest BCUT2D eigenvalue weighted by Gasteiger charge is 2.42. The predicted molar refractivity (Wildman–Crippen MR) is 85.0 cm³/mol. The highest BCUT2D eigenvalue weighted by atomic mass is 32.2. The van der Waals surface area contributed by atoms with E-state index in [2.05, 4.69) is 10.0 Å². The maximum atomic E-state index is 12.3. The minimum absolute atomic E-state index is 0.118. The summed E-state index contributed by atoms with van der Waals surface area (Å²) in [4.78, 5) is 0. The standard InChI is InChI=1S/C14H24N2O3S2/c1-3-15-9-12-8-13(20-10-12)21(17,18)16-11-14(4-5-14)6-7-19-2/h8,10,15-16H,3-7,9,11H2,1-2H3. The van der Waals surface area contributed by atoms with E-state index < -0.39 is 10.0 Å². The Balaban J connectivity index is 1.91. The molecule has 2 N–H and O–H groups in total. The van der Waals surface area contributed by atoms with E-state index in [1.165, 1.54) is 11.3 Å². The van der Waals surface area contributed by atoms with Crippen LogP contribution in [0, 0.1) is 5.41 Å². The summed E-state index contributed by atoms with van der Waals surface area (Å²) >= 11 is 1.28. The molecule has 0 radical (unpaired) electrons. The Morgan fingerprint density at radius 1 is 1.43 bits per heavy atom. The molecule has 1 heterocycles. The van der Waals surface area contributed by atoms with Gasteiger partial charge in [0.1, 0.15) is 4.21 Å². The van der Waals surface area contributed by atoms with Gasteiger partial charge in [0, 0.05) is 26.8 Å². The van der Waals surface area contributed by atoms with Crippen molar-refractivity contribution in [3.05, 3.63) is 17.0 Å². The Kier molecular flexibility index (Phi) is 5.79. The average molecular weight is 332 g/mol. The average Bonchev–Trinajstić information content (AvgIpc) is 3.08. The van der Waals surface area contributed by atoms with Crippen molar-refractivity contribution in [2.75, 3.05) is 26.8 Å². The van der Waals surface area contributed by atoms with E-state index in [1.807, 2.05) is 12.3 Å². The normalized spacial score (nSPS) is 17.0. The maximum Gasteiger partial charge on any atom is 0.250 e. The van der Waals surface area contributed by atoms with Gasteiger partial charge in [-0.2, -0.15) is 0 Å². The van der Waals surface area contributed by atoms with Crippen LogP contribution in [0.5, 0.6) is 0 Å². The topological polar surface area (TPSA) is 67.4 Å². The zero-order chi connectivity index (χ0) is 15.3. The summed E-state index contributed by atoms with van der Waals surface area (Å²) in [6, 6.07) is 1.75. The van der Waals surface area contributed by atoms with Gasteiger partial charge in [-0.3, -0.25) is 0 Å².